The Morgan fingerprint density at radius 3 is 2.30 bits per heavy atom. The minimum absolute atomic E-state index is 0.0476. The Hall–Kier alpha value is -0.610. The number of hydrogen-bond acceptors (Lipinski definition) is 3. The summed E-state index contributed by atoms with van der Waals surface area (Å²) in [6.45, 7) is 0.930. The number of hydrogen-bond donors (Lipinski definition) is 3. The first-order valence-corrected chi connectivity index (χ1v) is 3.26. The van der Waals surface area contributed by atoms with E-state index in [9.17, 15) is 4.79 Å². The van der Waals surface area contributed by atoms with Crippen LogP contribution in [0.4, 0.5) is 0 Å². The maximum atomic E-state index is 10.5. The molecule has 0 aromatic carbocycles. The maximum Gasteiger partial charge on any atom is 0.312 e. The molecule has 1 saturated heterocycles. The van der Waals surface area contributed by atoms with E-state index in [1.807, 2.05) is 0 Å². The predicted octanol–water partition coefficient (Wildman–Crippen LogP) is -0.957. The third-order valence-corrected chi connectivity index (χ3v) is 1.97. The van der Waals surface area contributed by atoms with E-state index in [2.05, 4.69) is 5.32 Å². The Labute approximate surface area is 58.9 Å². The highest BCUT2D eigenvalue weighted by Gasteiger charge is 2.43. The smallest absolute Gasteiger partial charge is 0.312 e. The van der Waals surface area contributed by atoms with Gasteiger partial charge in [-0.25, -0.2) is 0 Å². The van der Waals surface area contributed by atoms with Gasteiger partial charge in [0.2, 0.25) is 0 Å². The number of carbonyl (C=O) groups is 1. The standard InChI is InChI=1S/C6H11NO3/c8-2-1-6(5(9)10)3-7-4-6/h7-8H,1-4H2,(H,9,10). The fourth-order valence-electron chi connectivity index (χ4n) is 1.08. The average Bonchev–Trinajstić information content (AvgIpc) is 1.77. The Morgan fingerprint density at radius 1 is 1.60 bits per heavy atom. The quantitative estimate of drug-likeness (QED) is 0.478. The number of carboxylic acids is 1. The summed E-state index contributed by atoms with van der Waals surface area (Å²) in [5.41, 5.74) is -0.672. The Morgan fingerprint density at radius 2 is 2.20 bits per heavy atom. The molecule has 3 N–H and O–H groups in total. The second-order valence-electron chi connectivity index (χ2n) is 2.66. The predicted molar refractivity (Wildman–Crippen MR) is 34.6 cm³/mol. The number of nitrogens with one attached hydrogen (secondary N) is 1. The van der Waals surface area contributed by atoms with Crippen LogP contribution in [0, 0.1) is 5.41 Å². The summed E-state index contributed by atoms with van der Waals surface area (Å²) in [7, 11) is 0. The van der Waals surface area contributed by atoms with Crippen LogP contribution in [-0.2, 0) is 4.79 Å². The topological polar surface area (TPSA) is 69.6 Å². The van der Waals surface area contributed by atoms with Gasteiger partial charge < -0.3 is 15.5 Å². The molecule has 1 rings (SSSR count). The number of carboxylic acid groups (broad SMARTS) is 1. The van der Waals surface area contributed by atoms with Crippen LogP contribution in [-0.4, -0.2) is 35.9 Å². The molecular formula is C6H11NO3. The highest BCUT2D eigenvalue weighted by atomic mass is 16.4. The first-order valence-electron chi connectivity index (χ1n) is 3.26. The van der Waals surface area contributed by atoms with E-state index >= 15 is 0 Å². The molecule has 1 fully saturated rings. The van der Waals surface area contributed by atoms with Gasteiger partial charge in [-0.2, -0.15) is 0 Å². The average molecular weight is 145 g/mol. The Balaban J connectivity index is 2.50. The fraction of sp³-hybridized carbons (Fsp3) is 0.833. The molecule has 0 atom stereocenters. The van der Waals surface area contributed by atoms with Crippen molar-refractivity contribution in [1.82, 2.24) is 5.32 Å². The molecule has 58 valence electrons. The van der Waals surface area contributed by atoms with Crippen LogP contribution in [0.15, 0.2) is 0 Å². The second kappa shape index (κ2) is 2.56. The molecule has 4 nitrogen and oxygen atoms in total. The lowest BCUT2D eigenvalue weighted by Crippen LogP contribution is -2.58. The van der Waals surface area contributed by atoms with Crippen molar-refractivity contribution in [3.8, 4) is 0 Å². The summed E-state index contributed by atoms with van der Waals surface area (Å²) in [6.07, 6.45) is 0.356. The van der Waals surface area contributed by atoms with E-state index in [0.717, 1.165) is 0 Å². The van der Waals surface area contributed by atoms with E-state index in [1.54, 1.807) is 0 Å². The van der Waals surface area contributed by atoms with Gasteiger partial charge in [-0.05, 0) is 6.42 Å². The minimum atomic E-state index is -0.805. The maximum absolute atomic E-state index is 10.5. The van der Waals surface area contributed by atoms with Crippen LogP contribution in [0.1, 0.15) is 6.42 Å². The summed E-state index contributed by atoms with van der Waals surface area (Å²) in [5.74, 6) is -0.805. The molecule has 4 heteroatoms. The zero-order valence-electron chi connectivity index (χ0n) is 5.63. The lowest BCUT2D eigenvalue weighted by molar-refractivity contribution is -0.153. The molecule has 1 heterocycles. The molecular weight excluding hydrogens is 134 g/mol. The number of aliphatic hydroxyl groups is 1. The first kappa shape index (κ1) is 7.50. The normalized spacial score (nSPS) is 21.7. The van der Waals surface area contributed by atoms with E-state index in [-0.39, 0.29) is 6.61 Å². The van der Waals surface area contributed by atoms with Gasteiger partial charge in [0.25, 0.3) is 0 Å². The molecule has 0 aromatic rings. The molecule has 0 aromatic heterocycles. The monoisotopic (exact) mass is 145 g/mol. The Kier molecular flexibility index (Phi) is 1.92. The largest absolute Gasteiger partial charge is 0.481 e. The van der Waals surface area contributed by atoms with E-state index in [0.29, 0.717) is 19.5 Å². The summed E-state index contributed by atoms with van der Waals surface area (Å²) in [6, 6.07) is 0. The summed E-state index contributed by atoms with van der Waals surface area (Å²) < 4.78 is 0. The van der Waals surface area contributed by atoms with Crippen molar-refractivity contribution in [3.63, 3.8) is 0 Å². The van der Waals surface area contributed by atoms with E-state index < -0.39 is 11.4 Å². The van der Waals surface area contributed by atoms with Crippen LogP contribution in [0.25, 0.3) is 0 Å². The molecule has 1 aliphatic rings. The van der Waals surface area contributed by atoms with Crippen molar-refractivity contribution in [2.45, 2.75) is 6.42 Å². The zero-order chi connectivity index (χ0) is 7.61. The van der Waals surface area contributed by atoms with Gasteiger partial charge in [0.15, 0.2) is 0 Å². The molecule has 0 radical (unpaired) electrons. The fourth-order valence-corrected chi connectivity index (χ4v) is 1.08. The van der Waals surface area contributed by atoms with Gasteiger partial charge in [0.05, 0.1) is 5.41 Å². The van der Waals surface area contributed by atoms with Crippen molar-refractivity contribution >= 4 is 5.97 Å². The van der Waals surface area contributed by atoms with Crippen molar-refractivity contribution in [3.05, 3.63) is 0 Å². The van der Waals surface area contributed by atoms with Gasteiger partial charge >= 0.3 is 5.97 Å². The van der Waals surface area contributed by atoms with Gasteiger partial charge in [0, 0.05) is 19.7 Å². The van der Waals surface area contributed by atoms with Gasteiger partial charge in [0.1, 0.15) is 0 Å². The molecule has 1 aliphatic heterocycles. The van der Waals surface area contributed by atoms with Crippen LogP contribution >= 0.6 is 0 Å². The SMILES string of the molecule is O=C(O)C1(CCO)CNC1. The summed E-state index contributed by atoms with van der Waals surface area (Å²) in [5, 5.41) is 20.1. The zero-order valence-corrected chi connectivity index (χ0v) is 5.63. The van der Waals surface area contributed by atoms with Crippen LogP contribution in [0.5, 0.6) is 0 Å². The highest BCUT2D eigenvalue weighted by molar-refractivity contribution is 5.76. The summed E-state index contributed by atoms with van der Waals surface area (Å²) >= 11 is 0. The lowest BCUT2D eigenvalue weighted by atomic mass is 9.79. The highest BCUT2D eigenvalue weighted by Crippen LogP contribution is 2.26. The lowest BCUT2D eigenvalue weighted by Gasteiger charge is -2.37. The molecule has 0 spiro atoms. The van der Waals surface area contributed by atoms with Gasteiger partial charge in [-0.1, -0.05) is 0 Å². The third kappa shape index (κ3) is 0.998. The molecule has 0 bridgehead atoms. The summed E-state index contributed by atoms with van der Waals surface area (Å²) in [4.78, 5) is 10.5. The van der Waals surface area contributed by atoms with Crippen molar-refractivity contribution in [2.75, 3.05) is 19.7 Å². The van der Waals surface area contributed by atoms with Crippen LogP contribution in [0.3, 0.4) is 0 Å². The van der Waals surface area contributed by atoms with Crippen molar-refractivity contribution in [1.29, 1.82) is 0 Å². The number of rotatable bonds is 3. The molecule has 0 unspecified atom stereocenters. The van der Waals surface area contributed by atoms with Gasteiger partial charge in [-0.3, -0.25) is 4.79 Å². The second-order valence-corrected chi connectivity index (χ2v) is 2.66. The number of aliphatic hydroxyl groups excluding tert-OH is 1. The third-order valence-electron chi connectivity index (χ3n) is 1.97. The van der Waals surface area contributed by atoms with E-state index in [4.69, 9.17) is 10.2 Å². The van der Waals surface area contributed by atoms with Crippen LogP contribution < -0.4 is 5.32 Å². The van der Waals surface area contributed by atoms with Crippen molar-refractivity contribution < 1.29 is 15.0 Å². The number of aliphatic carboxylic acids is 1. The molecule has 0 amide bonds. The molecule has 0 saturated carbocycles. The molecule has 10 heavy (non-hydrogen) atoms. The Bertz CT molecular complexity index is 142. The van der Waals surface area contributed by atoms with Crippen LogP contribution in [0.2, 0.25) is 0 Å². The van der Waals surface area contributed by atoms with E-state index in [1.165, 1.54) is 0 Å². The van der Waals surface area contributed by atoms with Crippen molar-refractivity contribution in [2.24, 2.45) is 5.41 Å². The van der Waals surface area contributed by atoms with Gasteiger partial charge in [-0.15, -0.1) is 0 Å². The molecule has 0 aliphatic carbocycles. The first-order chi connectivity index (χ1) is 4.71. The minimum Gasteiger partial charge on any atom is -0.481 e.